The molecule has 0 aliphatic heterocycles. The molecule has 2 rings (SSSR count). The largest absolute Gasteiger partial charge is 0.409 e. The lowest BCUT2D eigenvalue weighted by molar-refractivity contribution is 0.318. The Hall–Kier alpha value is -1.61. The van der Waals surface area contributed by atoms with Crippen molar-refractivity contribution in [1.82, 2.24) is 19.1 Å². The van der Waals surface area contributed by atoms with Gasteiger partial charge >= 0.3 is 0 Å². The zero-order valence-corrected chi connectivity index (χ0v) is 10.8. The molecule has 0 aliphatic rings. The summed E-state index contributed by atoms with van der Waals surface area (Å²) in [6, 6.07) is 0. The highest BCUT2D eigenvalue weighted by molar-refractivity contribution is 8.01. The van der Waals surface area contributed by atoms with Gasteiger partial charge in [0.2, 0.25) is 0 Å². The molecule has 0 amide bonds. The number of hydrogen-bond donors (Lipinski definition) is 2. The van der Waals surface area contributed by atoms with Gasteiger partial charge in [0.1, 0.15) is 11.4 Å². The first-order chi connectivity index (χ1) is 8.13. The second kappa shape index (κ2) is 4.72. The first kappa shape index (κ1) is 11.9. The lowest BCUT2D eigenvalue weighted by Crippen LogP contribution is -2.14. The van der Waals surface area contributed by atoms with Gasteiger partial charge in [-0.05, 0) is 30.2 Å². The smallest absolute Gasteiger partial charge is 0.176 e. The second-order valence-corrected chi connectivity index (χ2v) is 5.20. The molecule has 9 heteroatoms. The highest BCUT2D eigenvalue weighted by atomic mass is 32.2. The summed E-state index contributed by atoms with van der Waals surface area (Å²) in [5, 5.41) is 16.8. The van der Waals surface area contributed by atoms with Gasteiger partial charge in [0.15, 0.2) is 10.2 Å². The topological polar surface area (TPSA) is 102 Å². The number of hydrogen-bond acceptors (Lipinski definition) is 7. The minimum absolute atomic E-state index is 0.0441. The summed E-state index contributed by atoms with van der Waals surface area (Å²) in [4.78, 5) is 4.07. The molecule has 0 unspecified atom stereocenters. The first-order valence-corrected chi connectivity index (χ1v) is 6.18. The molecular formula is C8H10N6OS2. The summed E-state index contributed by atoms with van der Waals surface area (Å²) in [5.41, 5.74) is 6.96. The molecule has 0 spiro atoms. The number of nitrogens with two attached hydrogens (primary N) is 1. The van der Waals surface area contributed by atoms with Gasteiger partial charge in [0.25, 0.3) is 0 Å². The van der Waals surface area contributed by atoms with Crippen LogP contribution in [0.15, 0.2) is 20.8 Å². The summed E-state index contributed by atoms with van der Waals surface area (Å²) in [5.74, 6) is 0.0441. The van der Waals surface area contributed by atoms with Gasteiger partial charge in [-0.2, -0.15) is 9.47 Å². The van der Waals surface area contributed by atoms with Crippen molar-refractivity contribution >= 4 is 29.1 Å². The van der Waals surface area contributed by atoms with Crippen LogP contribution in [0.25, 0.3) is 0 Å². The Morgan fingerprint density at radius 2 is 2.41 bits per heavy atom. The maximum Gasteiger partial charge on any atom is 0.176 e. The third kappa shape index (κ3) is 2.24. The Balaban J connectivity index is 2.45. The molecule has 17 heavy (non-hydrogen) atoms. The van der Waals surface area contributed by atoms with Crippen LogP contribution < -0.4 is 5.73 Å². The average Bonchev–Trinajstić information content (AvgIpc) is 2.88. The van der Waals surface area contributed by atoms with Crippen LogP contribution in [0, 0.1) is 6.92 Å². The highest BCUT2D eigenvalue weighted by Gasteiger charge is 2.19. The average molecular weight is 270 g/mol. The van der Waals surface area contributed by atoms with Gasteiger partial charge in [0.05, 0.1) is 11.3 Å². The van der Waals surface area contributed by atoms with E-state index in [1.807, 2.05) is 0 Å². The van der Waals surface area contributed by atoms with E-state index in [0.29, 0.717) is 11.3 Å². The van der Waals surface area contributed by atoms with Crippen LogP contribution in [-0.4, -0.2) is 30.2 Å². The van der Waals surface area contributed by atoms with E-state index in [1.54, 1.807) is 18.7 Å². The standard InChI is InChI=1S/C8H10N6OS2/c1-4-5(6(9)13-15)7(14(2)12-4)16-8-10-3-11-17-8/h3,15H,1-2H3,(H2,9,13). The summed E-state index contributed by atoms with van der Waals surface area (Å²) < 4.78 is 6.37. The monoisotopic (exact) mass is 270 g/mol. The number of oxime groups is 1. The van der Waals surface area contributed by atoms with Crippen molar-refractivity contribution in [2.24, 2.45) is 17.9 Å². The minimum atomic E-state index is 0.0441. The van der Waals surface area contributed by atoms with E-state index in [2.05, 4.69) is 19.6 Å². The predicted molar refractivity (Wildman–Crippen MR) is 64.5 cm³/mol. The first-order valence-electron chi connectivity index (χ1n) is 4.59. The quantitative estimate of drug-likeness (QED) is 0.370. The molecule has 0 atom stereocenters. The molecule has 0 bridgehead atoms. The van der Waals surface area contributed by atoms with Crippen molar-refractivity contribution in [3.63, 3.8) is 0 Å². The number of nitrogens with zero attached hydrogens (tertiary/aromatic N) is 5. The number of aryl methyl sites for hydroxylation is 2. The van der Waals surface area contributed by atoms with E-state index in [1.165, 1.54) is 29.6 Å². The number of rotatable bonds is 3. The lowest BCUT2D eigenvalue weighted by atomic mass is 10.2. The molecule has 7 nitrogen and oxygen atoms in total. The van der Waals surface area contributed by atoms with E-state index < -0.39 is 0 Å². The normalized spacial score (nSPS) is 12.0. The summed E-state index contributed by atoms with van der Waals surface area (Å²) in [6.07, 6.45) is 1.49. The Labute approximate surface area is 106 Å². The third-order valence-corrected chi connectivity index (χ3v) is 3.94. The van der Waals surface area contributed by atoms with Crippen molar-refractivity contribution in [3.05, 3.63) is 17.6 Å². The fourth-order valence-electron chi connectivity index (χ4n) is 1.39. The van der Waals surface area contributed by atoms with Gasteiger partial charge in [-0.1, -0.05) is 5.16 Å². The van der Waals surface area contributed by atoms with Crippen LogP contribution in [-0.2, 0) is 7.05 Å². The van der Waals surface area contributed by atoms with Gasteiger partial charge in [-0.3, -0.25) is 4.68 Å². The van der Waals surface area contributed by atoms with Crippen LogP contribution >= 0.6 is 23.3 Å². The van der Waals surface area contributed by atoms with Gasteiger partial charge in [-0.15, -0.1) is 0 Å². The molecule has 90 valence electrons. The number of amidine groups is 1. The van der Waals surface area contributed by atoms with Crippen LogP contribution in [0.5, 0.6) is 0 Å². The van der Waals surface area contributed by atoms with Gasteiger partial charge in [-0.25, -0.2) is 4.98 Å². The zero-order chi connectivity index (χ0) is 12.4. The molecule has 0 aliphatic carbocycles. The van der Waals surface area contributed by atoms with E-state index in [4.69, 9.17) is 10.9 Å². The Morgan fingerprint density at radius 1 is 1.65 bits per heavy atom. The second-order valence-electron chi connectivity index (χ2n) is 3.18. The molecule has 2 aromatic rings. The van der Waals surface area contributed by atoms with Crippen molar-refractivity contribution in [2.45, 2.75) is 16.3 Å². The molecule has 0 aromatic carbocycles. The molecule has 2 aromatic heterocycles. The molecule has 0 radical (unpaired) electrons. The predicted octanol–water partition coefficient (Wildman–Crippen LogP) is 0.826. The van der Waals surface area contributed by atoms with Crippen molar-refractivity contribution in [3.8, 4) is 0 Å². The maximum absolute atomic E-state index is 8.76. The Bertz CT molecular complexity index is 547. The van der Waals surface area contributed by atoms with Crippen LogP contribution in [0.1, 0.15) is 11.3 Å². The van der Waals surface area contributed by atoms with E-state index in [9.17, 15) is 0 Å². The van der Waals surface area contributed by atoms with Crippen molar-refractivity contribution < 1.29 is 5.21 Å². The maximum atomic E-state index is 8.76. The SMILES string of the molecule is Cc1nn(C)c(Sc2ncns2)c1C(N)=NO. The molecular weight excluding hydrogens is 260 g/mol. The molecule has 3 N–H and O–H groups in total. The molecule has 0 saturated carbocycles. The fourth-order valence-corrected chi connectivity index (χ4v) is 2.98. The zero-order valence-electron chi connectivity index (χ0n) is 9.15. The van der Waals surface area contributed by atoms with Gasteiger partial charge in [0, 0.05) is 7.05 Å². The molecule has 2 heterocycles. The van der Waals surface area contributed by atoms with Crippen molar-refractivity contribution in [1.29, 1.82) is 0 Å². The Kier molecular flexibility index (Phi) is 3.29. The van der Waals surface area contributed by atoms with Crippen molar-refractivity contribution in [2.75, 3.05) is 0 Å². The van der Waals surface area contributed by atoms with Crippen LogP contribution in [0.3, 0.4) is 0 Å². The van der Waals surface area contributed by atoms with E-state index in [-0.39, 0.29) is 5.84 Å². The third-order valence-electron chi connectivity index (χ3n) is 2.06. The van der Waals surface area contributed by atoms with E-state index >= 15 is 0 Å². The lowest BCUT2D eigenvalue weighted by Gasteiger charge is -2.02. The molecule has 0 saturated heterocycles. The summed E-state index contributed by atoms with van der Waals surface area (Å²) in [6.45, 7) is 1.80. The summed E-state index contributed by atoms with van der Waals surface area (Å²) in [7, 11) is 1.80. The molecule has 0 fully saturated rings. The number of aromatic nitrogens is 4. The Morgan fingerprint density at radius 3 is 3.00 bits per heavy atom. The van der Waals surface area contributed by atoms with Crippen LogP contribution in [0.2, 0.25) is 0 Å². The fraction of sp³-hybridized carbons (Fsp3) is 0.250. The van der Waals surface area contributed by atoms with E-state index in [0.717, 1.165) is 9.37 Å². The van der Waals surface area contributed by atoms with Crippen LogP contribution in [0.4, 0.5) is 0 Å². The summed E-state index contributed by atoms with van der Waals surface area (Å²) >= 11 is 2.67. The highest BCUT2D eigenvalue weighted by Crippen LogP contribution is 2.31. The minimum Gasteiger partial charge on any atom is -0.409 e. The van der Waals surface area contributed by atoms with Gasteiger partial charge < -0.3 is 10.9 Å².